The molecule has 2 atom stereocenters. The van der Waals surface area contributed by atoms with Crippen LogP contribution in [0.3, 0.4) is 0 Å². The average Bonchev–Trinajstić information content (AvgIpc) is 3.16. The Morgan fingerprint density at radius 2 is 1.97 bits per heavy atom. The van der Waals surface area contributed by atoms with Gasteiger partial charge in [0.05, 0.1) is 17.9 Å². The van der Waals surface area contributed by atoms with Gasteiger partial charge in [-0.3, -0.25) is 14.6 Å². The minimum atomic E-state index is 0.279. The summed E-state index contributed by atoms with van der Waals surface area (Å²) in [7, 11) is 0. The molecule has 1 amide bonds. The van der Waals surface area contributed by atoms with Gasteiger partial charge in [-0.25, -0.2) is 0 Å². The number of aromatic nitrogens is 2. The van der Waals surface area contributed by atoms with Crippen molar-refractivity contribution in [3.8, 4) is 0 Å². The number of allylic oxidation sites excluding steroid dienone is 2. The van der Waals surface area contributed by atoms with Crippen molar-refractivity contribution in [2.75, 3.05) is 45.8 Å². The smallest absolute Gasteiger partial charge is 0.236 e. The summed E-state index contributed by atoms with van der Waals surface area (Å²) < 4.78 is 0. The third kappa shape index (κ3) is 5.46. The Hall–Kier alpha value is -1.79. The summed E-state index contributed by atoms with van der Waals surface area (Å²) in [5.41, 5.74) is 3.48. The second-order valence-corrected chi connectivity index (χ2v) is 8.56. The topological polar surface area (TPSA) is 52.6 Å². The molecule has 2 unspecified atom stereocenters. The van der Waals surface area contributed by atoms with Gasteiger partial charge in [0, 0.05) is 44.6 Å². The van der Waals surface area contributed by atoms with Crippen LogP contribution in [0.2, 0.25) is 0 Å². The molecule has 0 aromatic carbocycles. The number of hydrogen-bond acceptors (Lipinski definition) is 5. The second-order valence-electron chi connectivity index (χ2n) is 8.56. The first kappa shape index (κ1) is 22.9. The SMILES string of the molecule is C/C=C\C(CC)c1cc2c(nn1)CCN(CC(=O)N1CCC(N(CC)CC)C1)CC2. The molecule has 0 aliphatic carbocycles. The standard InChI is InChI=1S/C24H39N5O/c1-5-9-19(6-2)23-16-20-10-13-27(14-12-22(20)25-26-23)18-24(30)29-15-11-21(17-29)28(7-3)8-4/h5,9,16,19,21H,6-8,10-15,17-18H2,1-4H3/b9-5-. The van der Waals surface area contributed by atoms with E-state index in [1.54, 1.807) is 0 Å². The first-order valence-corrected chi connectivity index (χ1v) is 11.8. The summed E-state index contributed by atoms with van der Waals surface area (Å²) in [6.45, 7) is 14.9. The molecular weight excluding hydrogens is 374 g/mol. The van der Waals surface area contributed by atoms with Crippen molar-refractivity contribution < 1.29 is 4.79 Å². The largest absolute Gasteiger partial charge is 0.340 e. The van der Waals surface area contributed by atoms with Crippen LogP contribution < -0.4 is 0 Å². The van der Waals surface area contributed by atoms with Crippen molar-refractivity contribution in [3.05, 3.63) is 35.2 Å². The molecule has 1 aromatic heterocycles. The number of rotatable bonds is 8. The van der Waals surface area contributed by atoms with Crippen LogP contribution in [0.25, 0.3) is 0 Å². The summed E-state index contributed by atoms with van der Waals surface area (Å²) in [6.07, 6.45) is 8.25. The molecule has 166 valence electrons. The summed E-state index contributed by atoms with van der Waals surface area (Å²) in [6, 6.07) is 2.77. The van der Waals surface area contributed by atoms with Crippen LogP contribution in [0.15, 0.2) is 18.2 Å². The molecule has 1 aromatic rings. The molecule has 2 aliphatic heterocycles. The van der Waals surface area contributed by atoms with Gasteiger partial charge in [-0.1, -0.05) is 32.9 Å². The minimum Gasteiger partial charge on any atom is -0.340 e. The fraction of sp³-hybridized carbons (Fsp3) is 0.708. The van der Waals surface area contributed by atoms with E-state index in [2.05, 4.69) is 70.8 Å². The predicted molar refractivity (Wildman–Crippen MR) is 122 cm³/mol. The molecule has 0 N–H and O–H groups in total. The van der Waals surface area contributed by atoms with Crippen molar-refractivity contribution in [2.24, 2.45) is 0 Å². The van der Waals surface area contributed by atoms with E-state index < -0.39 is 0 Å². The molecule has 0 radical (unpaired) electrons. The molecule has 3 heterocycles. The van der Waals surface area contributed by atoms with Crippen LogP contribution in [0.1, 0.15) is 63.4 Å². The van der Waals surface area contributed by atoms with E-state index in [1.165, 1.54) is 5.56 Å². The van der Waals surface area contributed by atoms with Crippen molar-refractivity contribution in [1.29, 1.82) is 0 Å². The maximum atomic E-state index is 12.9. The maximum absolute atomic E-state index is 12.9. The van der Waals surface area contributed by atoms with Crippen LogP contribution in [0, 0.1) is 0 Å². The van der Waals surface area contributed by atoms with Gasteiger partial charge in [-0.15, -0.1) is 0 Å². The molecule has 0 bridgehead atoms. The van der Waals surface area contributed by atoms with Crippen molar-refractivity contribution >= 4 is 5.91 Å². The fourth-order valence-electron chi connectivity index (χ4n) is 4.87. The minimum absolute atomic E-state index is 0.279. The predicted octanol–water partition coefficient (Wildman–Crippen LogP) is 2.89. The summed E-state index contributed by atoms with van der Waals surface area (Å²) in [5.74, 6) is 0.615. The lowest BCUT2D eigenvalue weighted by molar-refractivity contribution is -0.131. The van der Waals surface area contributed by atoms with Crippen LogP contribution >= 0.6 is 0 Å². The van der Waals surface area contributed by atoms with Crippen LogP contribution in [0.5, 0.6) is 0 Å². The zero-order valence-electron chi connectivity index (χ0n) is 19.3. The number of nitrogens with zero attached hydrogens (tertiary/aromatic N) is 5. The van der Waals surface area contributed by atoms with Crippen molar-refractivity contribution in [1.82, 2.24) is 24.9 Å². The molecule has 3 rings (SSSR count). The van der Waals surface area contributed by atoms with E-state index in [0.717, 1.165) is 76.3 Å². The number of likely N-dealkylation sites (N-methyl/N-ethyl adjacent to an activating group) is 1. The molecule has 0 saturated carbocycles. The van der Waals surface area contributed by atoms with Crippen molar-refractivity contribution in [3.63, 3.8) is 0 Å². The van der Waals surface area contributed by atoms with Crippen LogP contribution in [-0.4, -0.2) is 82.7 Å². The molecule has 1 fully saturated rings. The van der Waals surface area contributed by atoms with Gasteiger partial charge in [-0.05, 0) is 50.9 Å². The van der Waals surface area contributed by atoms with E-state index in [4.69, 9.17) is 0 Å². The maximum Gasteiger partial charge on any atom is 0.236 e. The molecule has 2 aliphatic rings. The van der Waals surface area contributed by atoms with E-state index in [9.17, 15) is 4.79 Å². The van der Waals surface area contributed by atoms with Gasteiger partial charge in [-0.2, -0.15) is 10.2 Å². The normalized spacial score (nSPS) is 21.2. The number of carbonyl (C=O) groups is 1. The highest BCUT2D eigenvalue weighted by molar-refractivity contribution is 5.78. The zero-order valence-corrected chi connectivity index (χ0v) is 19.3. The molecule has 6 nitrogen and oxygen atoms in total. The lowest BCUT2D eigenvalue weighted by Gasteiger charge is -2.27. The van der Waals surface area contributed by atoms with E-state index in [1.807, 2.05) is 0 Å². The number of carbonyl (C=O) groups excluding carboxylic acids is 1. The first-order valence-electron chi connectivity index (χ1n) is 11.8. The third-order valence-electron chi connectivity index (χ3n) is 6.79. The second kappa shape index (κ2) is 11.0. The number of fused-ring (bicyclic) bond motifs is 1. The highest BCUT2D eigenvalue weighted by Crippen LogP contribution is 2.23. The Labute approximate surface area is 182 Å². The zero-order chi connectivity index (χ0) is 21.5. The van der Waals surface area contributed by atoms with Gasteiger partial charge >= 0.3 is 0 Å². The molecular formula is C24H39N5O. The summed E-state index contributed by atoms with van der Waals surface area (Å²) in [5, 5.41) is 9.07. The Balaban J connectivity index is 1.57. The quantitative estimate of drug-likeness (QED) is 0.614. The highest BCUT2D eigenvalue weighted by Gasteiger charge is 2.30. The van der Waals surface area contributed by atoms with Gasteiger partial charge in [0.15, 0.2) is 0 Å². The number of hydrogen-bond donors (Lipinski definition) is 0. The number of likely N-dealkylation sites (tertiary alicyclic amines) is 1. The fourth-order valence-corrected chi connectivity index (χ4v) is 4.87. The monoisotopic (exact) mass is 413 g/mol. The number of amides is 1. The van der Waals surface area contributed by atoms with E-state index >= 15 is 0 Å². The summed E-state index contributed by atoms with van der Waals surface area (Å²) >= 11 is 0. The first-order chi connectivity index (χ1) is 14.6. The van der Waals surface area contributed by atoms with Crippen molar-refractivity contribution in [2.45, 2.75) is 65.3 Å². The Morgan fingerprint density at radius 3 is 2.67 bits per heavy atom. The Kier molecular flexibility index (Phi) is 8.40. The highest BCUT2D eigenvalue weighted by atomic mass is 16.2. The Morgan fingerprint density at radius 1 is 1.20 bits per heavy atom. The van der Waals surface area contributed by atoms with Gasteiger partial charge in [0.2, 0.25) is 5.91 Å². The molecule has 1 saturated heterocycles. The Bertz CT molecular complexity index is 730. The average molecular weight is 414 g/mol. The van der Waals surface area contributed by atoms with Gasteiger partial charge in [0.25, 0.3) is 0 Å². The lowest BCUT2D eigenvalue weighted by atomic mass is 9.98. The van der Waals surface area contributed by atoms with Crippen LogP contribution in [-0.2, 0) is 17.6 Å². The summed E-state index contributed by atoms with van der Waals surface area (Å²) in [4.78, 5) is 19.8. The van der Waals surface area contributed by atoms with E-state index in [0.29, 0.717) is 18.5 Å². The lowest BCUT2D eigenvalue weighted by Crippen LogP contribution is -2.42. The van der Waals surface area contributed by atoms with E-state index in [-0.39, 0.29) is 5.91 Å². The third-order valence-corrected chi connectivity index (χ3v) is 6.79. The molecule has 30 heavy (non-hydrogen) atoms. The molecule has 0 spiro atoms. The van der Waals surface area contributed by atoms with Crippen LogP contribution in [0.4, 0.5) is 0 Å². The molecule has 6 heteroatoms. The van der Waals surface area contributed by atoms with Gasteiger partial charge in [0.1, 0.15) is 0 Å². The van der Waals surface area contributed by atoms with Gasteiger partial charge < -0.3 is 4.90 Å².